The van der Waals surface area contributed by atoms with Crippen LogP contribution in [0.1, 0.15) is 28.2 Å². The Kier molecular flexibility index (Phi) is 4.19. The van der Waals surface area contributed by atoms with Crippen LogP contribution < -0.4 is 5.32 Å². The molecule has 1 aliphatic rings. The van der Waals surface area contributed by atoms with Crippen molar-refractivity contribution in [3.8, 4) is 0 Å². The number of nitrogens with zero attached hydrogens (tertiary/aromatic N) is 2. The number of esters is 1. The quantitative estimate of drug-likeness (QED) is 0.844. The summed E-state index contributed by atoms with van der Waals surface area (Å²) < 4.78 is 4.69. The smallest absolute Gasteiger partial charge is 0.357 e. The molecule has 1 aromatic rings. The Hall–Kier alpha value is -1.14. The second-order valence-corrected chi connectivity index (χ2v) is 5.78. The molecule has 1 unspecified atom stereocenters. The summed E-state index contributed by atoms with van der Waals surface area (Å²) in [5, 5.41) is 4.11. The van der Waals surface area contributed by atoms with Crippen LogP contribution in [0.3, 0.4) is 0 Å². The fraction of sp³-hybridized carbons (Fsp3) is 0.667. The summed E-state index contributed by atoms with van der Waals surface area (Å²) in [4.78, 5) is 19.0. The number of aromatic nitrogens is 1. The fourth-order valence-electron chi connectivity index (χ4n) is 2.20. The lowest BCUT2D eigenvalue weighted by Crippen LogP contribution is -2.31. The number of hydrogen-bond acceptors (Lipinski definition) is 6. The van der Waals surface area contributed by atoms with E-state index in [1.807, 2.05) is 6.92 Å². The number of methoxy groups -OCH3 is 1. The van der Waals surface area contributed by atoms with Crippen LogP contribution >= 0.6 is 11.3 Å². The summed E-state index contributed by atoms with van der Waals surface area (Å²) in [5.41, 5.74) is 0.421. The molecule has 0 radical (unpaired) electrons. The molecule has 1 N–H and O–H groups in total. The number of anilines is 1. The number of rotatable bonds is 4. The molecule has 2 heterocycles. The molecule has 1 aromatic heterocycles. The molecule has 1 atom stereocenters. The van der Waals surface area contributed by atoms with Crippen molar-refractivity contribution in [2.45, 2.75) is 25.8 Å². The third-order valence-corrected chi connectivity index (χ3v) is 4.26. The van der Waals surface area contributed by atoms with Crippen molar-refractivity contribution >= 4 is 22.4 Å². The highest BCUT2D eigenvalue weighted by Gasteiger charge is 2.21. The lowest BCUT2D eigenvalue weighted by atomic mass is 10.2. The SMILES string of the molecule is COC(=O)c1nc(NCC2CCCN2C)sc1C. The van der Waals surface area contributed by atoms with Crippen molar-refractivity contribution < 1.29 is 9.53 Å². The van der Waals surface area contributed by atoms with Gasteiger partial charge in [0.2, 0.25) is 0 Å². The summed E-state index contributed by atoms with van der Waals surface area (Å²) in [6.45, 7) is 3.93. The van der Waals surface area contributed by atoms with E-state index < -0.39 is 0 Å². The first-order valence-electron chi connectivity index (χ1n) is 6.11. The average molecular weight is 269 g/mol. The van der Waals surface area contributed by atoms with Crippen molar-refractivity contribution in [1.82, 2.24) is 9.88 Å². The topological polar surface area (TPSA) is 54.5 Å². The zero-order valence-electron chi connectivity index (χ0n) is 11.0. The molecule has 1 saturated heterocycles. The molecule has 0 saturated carbocycles. The van der Waals surface area contributed by atoms with Gasteiger partial charge in [-0.1, -0.05) is 0 Å². The van der Waals surface area contributed by atoms with Crippen molar-refractivity contribution in [3.05, 3.63) is 10.6 Å². The zero-order valence-corrected chi connectivity index (χ0v) is 11.8. The van der Waals surface area contributed by atoms with E-state index in [0.29, 0.717) is 11.7 Å². The molecular weight excluding hydrogens is 250 g/mol. The predicted octanol–water partition coefficient (Wildman–Crippen LogP) is 1.74. The van der Waals surface area contributed by atoms with Crippen LogP contribution in [0.5, 0.6) is 0 Å². The number of ether oxygens (including phenoxy) is 1. The van der Waals surface area contributed by atoms with Gasteiger partial charge in [-0.2, -0.15) is 0 Å². The number of thiazole rings is 1. The lowest BCUT2D eigenvalue weighted by Gasteiger charge is -2.19. The van der Waals surface area contributed by atoms with Crippen LogP contribution in [0.25, 0.3) is 0 Å². The van der Waals surface area contributed by atoms with Crippen LogP contribution in [0.4, 0.5) is 5.13 Å². The van der Waals surface area contributed by atoms with Gasteiger partial charge < -0.3 is 15.0 Å². The van der Waals surface area contributed by atoms with Gasteiger partial charge in [-0.3, -0.25) is 0 Å². The third kappa shape index (κ3) is 2.81. The van der Waals surface area contributed by atoms with Gasteiger partial charge in [-0.05, 0) is 33.4 Å². The Labute approximate surface area is 111 Å². The van der Waals surface area contributed by atoms with E-state index >= 15 is 0 Å². The number of aryl methyl sites for hydroxylation is 1. The summed E-state index contributed by atoms with van der Waals surface area (Å²) in [7, 11) is 3.52. The Morgan fingerprint density at radius 3 is 3.06 bits per heavy atom. The summed E-state index contributed by atoms with van der Waals surface area (Å²) in [6.07, 6.45) is 2.48. The predicted molar refractivity (Wildman–Crippen MR) is 72.3 cm³/mol. The number of hydrogen-bond donors (Lipinski definition) is 1. The molecule has 1 fully saturated rings. The van der Waals surface area contributed by atoms with Crippen molar-refractivity contribution in [3.63, 3.8) is 0 Å². The second-order valence-electron chi connectivity index (χ2n) is 4.57. The first-order valence-corrected chi connectivity index (χ1v) is 6.93. The summed E-state index contributed by atoms with van der Waals surface area (Å²) >= 11 is 1.50. The van der Waals surface area contributed by atoms with E-state index in [4.69, 9.17) is 4.74 Å². The second kappa shape index (κ2) is 5.67. The number of nitrogens with one attached hydrogen (secondary N) is 1. The van der Waals surface area contributed by atoms with Gasteiger partial charge in [0.15, 0.2) is 10.8 Å². The number of carbonyl (C=O) groups is 1. The standard InChI is InChI=1S/C12H19N3O2S/c1-8-10(11(16)17-3)14-12(18-8)13-7-9-5-4-6-15(9)2/h9H,4-7H2,1-3H3,(H,13,14). The lowest BCUT2D eigenvalue weighted by molar-refractivity contribution is 0.0594. The number of likely N-dealkylation sites (tertiary alicyclic amines) is 1. The van der Waals surface area contributed by atoms with Crippen LogP contribution in [0.15, 0.2) is 0 Å². The van der Waals surface area contributed by atoms with E-state index in [-0.39, 0.29) is 5.97 Å². The molecule has 100 valence electrons. The van der Waals surface area contributed by atoms with E-state index in [1.165, 1.54) is 31.3 Å². The maximum atomic E-state index is 11.4. The molecule has 6 heteroatoms. The normalized spacial score (nSPS) is 20.1. The van der Waals surface area contributed by atoms with Crippen LogP contribution in [0, 0.1) is 6.92 Å². The maximum Gasteiger partial charge on any atom is 0.357 e. The zero-order chi connectivity index (χ0) is 13.1. The van der Waals surface area contributed by atoms with E-state index in [2.05, 4.69) is 22.2 Å². The van der Waals surface area contributed by atoms with Crippen LogP contribution in [0.2, 0.25) is 0 Å². The van der Waals surface area contributed by atoms with Gasteiger partial charge in [0.05, 0.1) is 7.11 Å². The van der Waals surface area contributed by atoms with Crippen molar-refractivity contribution in [2.24, 2.45) is 0 Å². The Morgan fingerprint density at radius 1 is 1.67 bits per heavy atom. The third-order valence-electron chi connectivity index (χ3n) is 3.34. The minimum Gasteiger partial charge on any atom is -0.464 e. The van der Waals surface area contributed by atoms with Crippen LogP contribution in [-0.2, 0) is 4.74 Å². The van der Waals surface area contributed by atoms with Gasteiger partial charge in [-0.15, -0.1) is 11.3 Å². The van der Waals surface area contributed by atoms with Gasteiger partial charge in [0.1, 0.15) is 0 Å². The molecule has 0 bridgehead atoms. The number of likely N-dealkylation sites (N-methyl/N-ethyl adjacent to an activating group) is 1. The molecule has 2 rings (SSSR count). The average Bonchev–Trinajstić information content (AvgIpc) is 2.92. The van der Waals surface area contributed by atoms with Crippen molar-refractivity contribution in [1.29, 1.82) is 0 Å². The molecule has 0 spiro atoms. The highest BCUT2D eigenvalue weighted by atomic mass is 32.1. The van der Waals surface area contributed by atoms with Crippen molar-refractivity contribution in [2.75, 3.05) is 32.6 Å². The largest absolute Gasteiger partial charge is 0.464 e. The van der Waals surface area contributed by atoms with E-state index in [0.717, 1.165) is 23.1 Å². The highest BCUT2D eigenvalue weighted by molar-refractivity contribution is 7.15. The molecule has 1 aliphatic heterocycles. The van der Waals surface area contributed by atoms with E-state index in [9.17, 15) is 4.79 Å². The fourth-order valence-corrected chi connectivity index (χ4v) is 3.01. The minimum absolute atomic E-state index is 0.366. The minimum atomic E-state index is -0.366. The van der Waals surface area contributed by atoms with Gasteiger partial charge in [-0.25, -0.2) is 9.78 Å². The monoisotopic (exact) mass is 269 g/mol. The van der Waals surface area contributed by atoms with Gasteiger partial charge in [0.25, 0.3) is 0 Å². The van der Waals surface area contributed by atoms with E-state index in [1.54, 1.807) is 0 Å². The maximum absolute atomic E-state index is 11.4. The molecular formula is C12H19N3O2S. The molecule has 0 amide bonds. The molecule has 0 aliphatic carbocycles. The number of carbonyl (C=O) groups excluding carboxylic acids is 1. The first-order chi connectivity index (χ1) is 8.61. The summed E-state index contributed by atoms with van der Waals surface area (Å²) in [6, 6.07) is 0.566. The highest BCUT2D eigenvalue weighted by Crippen LogP contribution is 2.23. The Balaban J connectivity index is 1.95. The van der Waals surface area contributed by atoms with Gasteiger partial charge >= 0.3 is 5.97 Å². The summed E-state index contributed by atoms with van der Waals surface area (Å²) in [5.74, 6) is -0.366. The Morgan fingerprint density at radius 2 is 2.44 bits per heavy atom. The van der Waals surface area contributed by atoms with Crippen LogP contribution in [-0.4, -0.2) is 49.1 Å². The first kappa shape index (κ1) is 13.3. The van der Waals surface area contributed by atoms with Gasteiger partial charge in [0, 0.05) is 17.5 Å². The Bertz CT molecular complexity index is 433. The molecule has 0 aromatic carbocycles. The molecule has 5 nitrogen and oxygen atoms in total. The molecule has 18 heavy (non-hydrogen) atoms.